The third kappa shape index (κ3) is 7.33. The highest BCUT2D eigenvalue weighted by atomic mass is 16.5. The molecule has 0 amide bonds. The Bertz CT molecular complexity index is 115. The molecule has 1 atom stereocenters. The van der Waals surface area contributed by atoms with Crippen LogP contribution in [0.4, 0.5) is 0 Å². The Kier molecular flexibility index (Phi) is 5.84. The topological polar surface area (TPSA) is 53.9 Å². The van der Waals surface area contributed by atoms with Crippen LogP contribution in [0.2, 0.25) is 0 Å². The SMILES string of the molecule is CCCC[C@@H]([NH3+])COC(C)=O. The molecule has 0 unspecified atom stereocenters. The lowest BCUT2D eigenvalue weighted by atomic mass is 10.1. The van der Waals surface area contributed by atoms with Crippen molar-refractivity contribution in [2.75, 3.05) is 6.61 Å². The number of carbonyl (C=O) groups is 1. The van der Waals surface area contributed by atoms with E-state index in [0.29, 0.717) is 6.61 Å². The molecule has 0 rings (SSSR count). The van der Waals surface area contributed by atoms with Crippen LogP contribution in [0, 0.1) is 0 Å². The summed E-state index contributed by atoms with van der Waals surface area (Å²) in [4.78, 5) is 10.4. The third-order valence-corrected chi connectivity index (χ3v) is 1.49. The van der Waals surface area contributed by atoms with Crippen molar-refractivity contribution in [3.05, 3.63) is 0 Å². The molecule has 0 radical (unpaired) electrons. The van der Waals surface area contributed by atoms with Gasteiger partial charge in [0.2, 0.25) is 0 Å². The second-order valence-corrected chi connectivity index (χ2v) is 2.81. The van der Waals surface area contributed by atoms with Crippen LogP contribution in [0.3, 0.4) is 0 Å². The smallest absolute Gasteiger partial charge is 0.302 e. The summed E-state index contributed by atoms with van der Waals surface area (Å²) < 4.78 is 4.80. The molecule has 3 heteroatoms. The molecule has 0 heterocycles. The van der Waals surface area contributed by atoms with E-state index in [1.165, 1.54) is 13.3 Å². The first-order chi connectivity index (χ1) is 5.16. The predicted molar refractivity (Wildman–Crippen MR) is 42.8 cm³/mol. The monoisotopic (exact) mass is 160 g/mol. The van der Waals surface area contributed by atoms with Gasteiger partial charge in [0.05, 0.1) is 0 Å². The number of carbonyl (C=O) groups excluding carboxylic acids is 1. The number of unbranched alkanes of at least 4 members (excludes halogenated alkanes) is 1. The highest BCUT2D eigenvalue weighted by Gasteiger charge is 2.06. The van der Waals surface area contributed by atoms with Gasteiger partial charge in [0.15, 0.2) is 0 Å². The van der Waals surface area contributed by atoms with Gasteiger partial charge < -0.3 is 10.5 Å². The Balaban J connectivity index is 3.22. The summed E-state index contributed by atoms with van der Waals surface area (Å²) >= 11 is 0. The summed E-state index contributed by atoms with van der Waals surface area (Å²) in [7, 11) is 0. The number of esters is 1. The number of rotatable bonds is 5. The average molecular weight is 160 g/mol. The van der Waals surface area contributed by atoms with Crippen LogP contribution in [0.25, 0.3) is 0 Å². The Morgan fingerprint density at radius 3 is 2.73 bits per heavy atom. The zero-order chi connectivity index (χ0) is 8.69. The summed E-state index contributed by atoms with van der Waals surface area (Å²) in [6.07, 6.45) is 3.38. The normalized spacial score (nSPS) is 12.6. The van der Waals surface area contributed by atoms with Crippen LogP contribution in [0.5, 0.6) is 0 Å². The molecule has 0 fully saturated rings. The van der Waals surface area contributed by atoms with Gasteiger partial charge in [-0.25, -0.2) is 0 Å². The molecule has 0 bridgehead atoms. The number of quaternary nitrogens is 1. The summed E-state index contributed by atoms with van der Waals surface area (Å²) in [6.45, 7) is 4.03. The van der Waals surface area contributed by atoms with Crippen molar-refractivity contribution < 1.29 is 15.3 Å². The highest BCUT2D eigenvalue weighted by molar-refractivity contribution is 5.65. The quantitative estimate of drug-likeness (QED) is 0.590. The molecule has 0 saturated heterocycles. The highest BCUT2D eigenvalue weighted by Crippen LogP contribution is 1.96. The summed E-state index contributed by atoms with van der Waals surface area (Å²) in [5, 5.41) is 0. The van der Waals surface area contributed by atoms with E-state index < -0.39 is 0 Å². The molecule has 0 aromatic carbocycles. The molecule has 0 aliphatic rings. The number of hydrogen-bond acceptors (Lipinski definition) is 2. The fourth-order valence-electron chi connectivity index (χ4n) is 0.811. The van der Waals surface area contributed by atoms with Gasteiger partial charge >= 0.3 is 5.97 Å². The predicted octanol–water partition coefficient (Wildman–Crippen LogP) is 0.350. The van der Waals surface area contributed by atoms with Gasteiger partial charge in [0.1, 0.15) is 12.6 Å². The first kappa shape index (κ1) is 10.4. The van der Waals surface area contributed by atoms with E-state index >= 15 is 0 Å². The lowest BCUT2D eigenvalue weighted by molar-refractivity contribution is -0.426. The van der Waals surface area contributed by atoms with Crippen LogP contribution < -0.4 is 5.73 Å². The van der Waals surface area contributed by atoms with Gasteiger partial charge in [-0.15, -0.1) is 0 Å². The lowest BCUT2D eigenvalue weighted by Crippen LogP contribution is -2.63. The van der Waals surface area contributed by atoms with E-state index in [-0.39, 0.29) is 12.0 Å². The molecule has 0 aromatic heterocycles. The molecule has 3 nitrogen and oxygen atoms in total. The first-order valence-electron chi connectivity index (χ1n) is 4.13. The second kappa shape index (κ2) is 6.16. The fraction of sp³-hybridized carbons (Fsp3) is 0.875. The van der Waals surface area contributed by atoms with Gasteiger partial charge in [0.25, 0.3) is 0 Å². The van der Waals surface area contributed by atoms with Crippen molar-refractivity contribution in [3.63, 3.8) is 0 Å². The lowest BCUT2D eigenvalue weighted by Gasteiger charge is -2.06. The minimum atomic E-state index is -0.213. The van der Waals surface area contributed by atoms with Crippen LogP contribution in [-0.2, 0) is 9.53 Å². The summed E-state index contributed by atoms with van der Waals surface area (Å²) in [5.41, 5.74) is 3.87. The maximum absolute atomic E-state index is 10.4. The van der Waals surface area contributed by atoms with Gasteiger partial charge in [0, 0.05) is 13.3 Å². The molecule has 0 aliphatic heterocycles. The van der Waals surface area contributed by atoms with Gasteiger partial charge in [-0.3, -0.25) is 4.79 Å². The Hall–Kier alpha value is -0.570. The summed E-state index contributed by atoms with van der Waals surface area (Å²) in [6, 6.07) is 0.263. The van der Waals surface area contributed by atoms with E-state index in [2.05, 4.69) is 12.7 Å². The molecule has 11 heavy (non-hydrogen) atoms. The first-order valence-corrected chi connectivity index (χ1v) is 4.13. The molecule has 0 saturated carbocycles. The van der Waals surface area contributed by atoms with E-state index in [4.69, 9.17) is 4.74 Å². The van der Waals surface area contributed by atoms with Crippen molar-refractivity contribution in [2.45, 2.75) is 39.2 Å². The average Bonchev–Trinajstić information content (AvgIpc) is 1.97. The molecule has 66 valence electrons. The van der Waals surface area contributed by atoms with Crippen LogP contribution in [0.15, 0.2) is 0 Å². The van der Waals surface area contributed by atoms with Gasteiger partial charge in [-0.05, 0) is 6.42 Å². The largest absolute Gasteiger partial charge is 0.460 e. The molecule has 0 aromatic rings. The zero-order valence-corrected chi connectivity index (χ0v) is 7.43. The third-order valence-electron chi connectivity index (χ3n) is 1.49. The van der Waals surface area contributed by atoms with Crippen molar-refractivity contribution in [2.24, 2.45) is 0 Å². The molecule has 3 N–H and O–H groups in total. The maximum Gasteiger partial charge on any atom is 0.302 e. The van der Waals surface area contributed by atoms with Crippen molar-refractivity contribution >= 4 is 5.97 Å². The Morgan fingerprint density at radius 2 is 2.27 bits per heavy atom. The van der Waals surface area contributed by atoms with E-state index in [1.807, 2.05) is 0 Å². The standard InChI is InChI=1S/C8H17NO2/c1-3-4-5-8(9)6-11-7(2)10/h8H,3-6,9H2,1-2H3/p+1/t8-/m1/s1. The van der Waals surface area contributed by atoms with Crippen molar-refractivity contribution in [1.82, 2.24) is 0 Å². The Labute approximate surface area is 67.9 Å². The molecular formula is C8H18NO2+. The van der Waals surface area contributed by atoms with Crippen molar-refractivity contribution in [1.29, 1.82) is 0 Å². The minimum absolute atomic E-state index is 0.213. The summed E-state index contributed by atoms with van der Waals surface area (Å²) in [5.74, 6) is -0.213. The van der Waals surface area contributed by atoms with E-state index in [9.17, 15) is 4.79 Å². The molecule has 0 spiro atoms. The second-order valence-electron chi connectivity index (χ2n) is 2.81. The van der Waals surface area contributed by atoms with Gasteiger partial charge in [-0.2, -0.15) is 0 Å². The van der Waals surface area contributed by atoms with Crippen LogP contribution in [-0.4, -0.2) is 18.6 Å². The fourth-order valence-corrected chi connectivity index (χ4v) is 0.811. The van der Waals surface area contributed by atoms with Crippen LogP contribution >= 0.6 is 0 Å². The van der Waals surface area contributed by atoms with E-state index in [1.54, 1.807) is 0 Å². The van der Waals surface area contributed by atoms with E-state index in [0.717, 1.165) is 12.8 Å². The van der Waals surface area contributed by atoms with Gasteiger partial charge in [-0.1, -0.05) is 13.3 Å². The molecule has 0 aliphatic carbocycles. The molecular weight excluding hydrogens is 142 g/mol. The Morgan fingerprint density at radius 1 is 1.64 bits per heavy atom. The minimum Gasteiger partial charge on any atom is -0.460 e. The maximum atomic E-state index is 10.4. The van der Waals surface area contributed by atoms with Crippen molar-refractivity contribution in [3.8, 4) is 0 Å². The number of ether oxygens (including phenoxy) is 1. The number of hydrogen-bond donors (Lipinski definition) is 1. The zero-order valence-electron chi connectivity index (χ0n) is 7.43. The van der Waals surface area contributed by atoms with Crippen LogP contribution in [0.1, 0.15) is 33.1 Å².